The number of aromatic nitrogens is 3. The highest BCUT2D eigenvalue weighted by Gasteiger charge is 2.37. The number of alkyl halides is 3. The molecular formula is C10H6F4N4S. The van der Waals surface area contributed by atoms with Gasteiger partial charge >= 0.3 is 6.18 Å². The average molecular weight is 290 g/mol. The van der Waals surface area contributed by atoms with Crippen molar-refractivity contribution in [2.45, 2.75) is 6.18 Å². The number of benzene rings is 1. The smallest absolute Gasteiger partial charge is 0.250 e. The number of nitrogens with zero attached hydrogens (tertiary/aromatic N) is 3. The molecular weight excluding hydrogens is 284 g/mol. The Kier molecular flexibility index (Phi) is 3.47. The van der Waals surface area contributed by atoms with Crippen LogP contribution in [0, 0.1) is 10.6 Å². The number of halogens is 4. The minimum atomic E-state index is -4.69. The summed E-state index contributed by atoms with van der Waals surface area (Å²) in [7, 11) is 0. The SMILES string of the molecule is Fc1cccc(/C=N\n2c(C(F)(F)F)n[nH]c2=S)c1. The van der Waals surface area contributed by atoms with E-state index in [1.54, 1.807) is 0 Å². The van der Waals surface area contributed by atoms with Gasteiger partial charge in [-0.2, -0.15) is 22.9 Å². The Morgan fingerprint density at radius 3 is 2.74 bits per heavy atom. The first-order valence-electron chi connectivity index (χ1n) is 4.92. The van der Waals surface area contributed by atoms with Crippen LogP contribution in [0.5, 0.6) is 0 Å². The Labute approximate surface area is 109 Å². The first-order valence-corrected chi connectivity index (χ1v) is 5.33. The molecule has 1 N–H and O–H groups in total. The minimum Gasteiger partial charge on any atom is -0.250 e. The van der Waals surface area contributed by atoms with Crippen LogP contribution >= 0.6 is 12.2 Å². The van der Waals surface area contributed by atoms with Gasteiger partial charge in [0.1, 0.15) is 5.82 Å². The van der Waals surface area contributed by atoms with E-state index in [1.165, 1.54) is 18.2 Å². The standard InChI is InChI=1S/C10H6F4N4S/c11-7-3-1-2-6(4-7)5-15-18-8(10(12,13)14)16-17-9(18)19/h1-5H,(H,17,19)/b15-5-. The van der Waals surface area contributed by atoms with E-state index in [4.69, 9.17) is 0 Å². The zero-order chi connectivity index (χ0) is 14.0. The molecule has 0 saturated carbocycles. The molecule has 0 aliphatic rings. The maximum Gasteiger partial charge on any atom is 0.453 e. The molecule has 0 aliphatic heterocycles. The van der Waals surface area contributed by atoms with Crippen LogP contribution < -0.4 is 0 Å². The lowest BCUT2D eigenvalue weighted by molar-refractivity contribution is -0.147. The fourth-order valence-electron chi connectivity index (χ4n) is 1.29. The molecule has 2 aromatic rings. The van der Waals surface area contributed by atoms with Crippen LogP contribution in [0.1, 0.15) is 11.4 Å². The third kappa shape index (κ3) is 3.05. The number of H-pyrrole nitrogens is 1. The molecule has 0 atom stereocenters. The first-order chi connectivity index (χ1) is 8.88. The highest BCUT2D eigenvalue weighted by atomic mass is 32.1. The number of aromatic amines is 1. The molecule has 0 spiro atoms. The molecule has 1 aromatic carbocycles. The molecule has 100 valence electrons. The van der Waals surface area contributed by atoms with E-state index in [1.807, 2.05) is 5.10 Å². The summed E-state index contributed by atoms with van der Waals surface area (Å²) in [5.74, 6) is -1.79. The van der Waals surface area contributed by atoms with Crippen LogP contribution in [-0.2, 0) is 6.18 Å². The second-order valence-electron chi connectivity index (χ2n) is 3.46. The van der Waals surface area contributed by atoms with Crippen molar-refractivity contribution in [2.24, 2.45) is 5.10 Å². The molecule has 0 fully saturated rings. The summed E-state index contributed by atoms with van der Waals surface area (Å²) in [6.45, 7) is 0. The largest absolute Gasteiger partial charge is 0.453 e. The molecule has 9 heteroatoms. The molecule has 19 heavy (non-hydrogen) atoms. The summed E-state index contributed by atoms with van der Waals surface area (Å²) < 4.78 is 50.7. The molecule has 0 unspecified atom stereocenters. The molecule has 0 radical (unpaired) electrons. The second-order valence-corrected chi connectivity index (χ2v) is 3.85. The summed E-state index contributed by atoms with van der Waals surface area (Å²) in [6.07, 6.45) is -3.63. The van der Waals surface area contributed by atoms with E-state index in [0.29, 0.717) is 10.2 Å². The van der Waals surface area contributed by atoms with Gasteiger partial charge in [0.25, 0.3) is 5.82 Å². The van der Waals surface area contributed by atoms with Gasteiger partial charge in [0.2, 0.25) is 4.77 Å². The Morgan fingerprint density at radius 1 is 1.37 bits per heavy atom. The lowest BCUT2D eigenvalue weighted by Crippen LogP contribution is -2.12. The summed E-state index contributed by atoms with van der Waals surface area (Å²) in [6, 6.07) is 5.24. The lowest BCUT2D eigenvalue weighted by Gasteiger charge is -2.03. The molecule has 0 bridgehead atoms. The van der Waals surface area contributed by atoms with E-state index < -0.39 is 17.8 Å². The van der Waals surface area contributed by atoms with E-state index in [9.17, 15) is 17.6 Å². The monoisotopic (exact) mass is 290 g/mol. The van der Waals surface area contributed by atoms with Gasteiger partial charge in [-0.05, 0) is 29.9 Å². The normalized spacial score (nSPS) is 12.2. The van der Waals surface area contributed by atoms with Crippen LogP contribution in [-0.4, -0.2) is 21.1 Å². The molecule has 4 nitrogen and oxygen atoms in total. The van der Waals surface area contributed by atoms with Gasteiger partial charge < -0.3 is 0 Å². The van der Waals surface area contributed by atoms with Crippen molar-refractivity contribution >= 4 is 18.4 Å². The lowest BCUT2D eigenvalue weighted by atomic mass is 10.2. The van der Waals surface area contributed by atoms with E-state index in [0.717, 1.165) is 12.3 Å². The number of hydrogen-bond donors (Lipinski definition) is 1. The Bertz CT molecular complexity index is 671. The fourth-order valence-corrected chi connectivity index (χ4v) is 1.47. The van der Waals surface area contributed by atoms with Gasteiger partial charge in [-0.3, -0.25) is 0 Å². The zero-order valence-corrected chi connectivity index (χ0v) is 9.96. The van der Waals surface area contributed by atoms with E-state index in [2.05, 4.69) is 22.4 Å². The van der Waals surface area contributed by atoms with Crippen LogP contribution in [0.4, 0.5) is 17.6 Å². The number of rotatable bonds is 2. The van der Waals surface area contributed by atoms with Crippen LogP contribution in [0.15, 0.2) is 29.4 Å². The topological polar surface area (TPSA) is 46.0 Å². The molecule has 0 saturated heterocycles. The van der Waals surface area contributed by atoms with Gasteiger partial charge in [0.15, 0.2) is 0 Å². The number of nitrogens with one attached hydrogen (secondary N) is 1. The maximum atomic E-state index is 12.9. The van der Waals surface area contributed by atoms with Crippen LogP contribution in [0.3, 0.4) is 0 Å². The number of hydrogen-bond acceptors (Lipinski definition) is 3. The quantitative estimate of drug-likeness (QED) is 0.525. The fraction of sp³-hybridized carbons (Fsp3) is 0.100. The Balaban J connectivity index is 2.39. The Morgan fingerprint density at radius 2 is 2.11 bits per heavy atom. The minimum absolute atomic E-state index is 0.302. The Hall–Kier alpha value is -2.03. The highest BCUT2D eigenvalue weighted by Crippen LogP contribution is 2.27. The van der Waals surface area contributed by atoms with Crippen molar-refractivity contribution in [3.63, 3.8) is 0 Å². The summed E-state index contributed by atoms with van der Waals surface area (Å²) in [5, 5.41) is 8.60. The van der Waals surface area contributed by atoms with Crippen molar-refractivity contribution in [3.05, 3.63) is 46.2 Å². The third-order valence-electron chi connectivity index (χ3n) is 2.07. The van der Waals surface area contributed by atoms with Crippen LogP contribution in [0.2, 0.25) is 0 Å². The molecule has 2 rings (SSSR count). The molecule has 0 amide bonds. The third-order valence-corrected chi connectivity index (χ3v) is 2.34. The van der Waals surface area contributed by atoms with Crippen LogP contribution in [0.25, 0.3) is 0 Å². The van der Waals surface area contributed by atoms with Gasteiger partial charge in [-0.15, -0.1) is 5.10 Å². The van der Waals surface area contributed by atoms with Gasteiger partial charge in [0, 0.05) is 0 Å². The van der Waals surface area contributed by atoms with Crippen molar-refractivity contribution in [3.8, 4) is 0 Å². The summed E-state index contributed by atoms with van der Waals surface area (Å²) >= 11 is 4.64. The summed E-state index contributed by atoms with van der Waals surface area (Å²) in [5.41, 5.74) is 0.302. The highest BCUT2D eigenvalue weighted by molar-refractivity contribution is 7.71. The maximum absolute atomic E-state index is 12.9. The second kappa shape index (κ2) is 4.92. The molecule has 0 aliphatic carbocycles. The predicted molar refractivity (Wildman–Crippen MR) is 61.8 cm³/mol. The van der Waals surface area contributed by atoms with Gasteiger partial charge in [0.05, 0.1) is 6.21 Å². The summed E-state index contributed by atoms with van der Waals surface area (Å²) in [4.78, 5) is 0. The van der Waals surface area contributed by atoms with E-state index in [-0.39, 0.29) is 4.77 Å². The predicted octanol–water partition coefficient (Wildman–Crippen LogP) is 2.98. The van der Waals surface area contributed by atoms with Crippen molar-refractivity contribution in [2.75, 3.05) is 0 Å². The molecule has 1 aromatic heterocycles. The van der Waals surface area contributed by atoms with Crippen molar-refractivity contribution in [1.29, 1.82) is 0 Å². The average Bonchev–Trinajstić information content (AvgIpc) is 2.68. The van der Waals surface area contributed by atoms with E-state index >= 15 is 0 Å². The van der Waals surface area contributed by atoms with Gasteiger partial charge in [-0.25, -0.2) is 9.49 Å². The zero-order valence-electron chi connectivity index (χ0n) is 9.15. The van der Waals surface area contributed by atoms with Crippen molar-refractivity contribution < 1.29 is 17.6 Å². The first kappa shape index (κ1) is 13.4. The van der Waals surface area contributed by atoms with Crippen molar-refractivity contribution in [1.82, 2.24) is 14.9 Å². The molecule has 1 heterocycles. The van der Waals surface area contributed by atoms with Gasteiger partial charge in [-0.1, -0.05) is 12.1 Å².